The second-order valence-electron chi connectivity index (χ2n) is 7.34. The second-order valence-corrected chi connectivity index (χ2v) is 7.78. The fourth-order valence-corrected chi connectivity index (χ4v) is 3.68. The number of rotatable bonds is 5. The van der Waals surface area contributed by atoms with Crippen molar-refractivity contribution < 1.29 is 32.2 Å². The molecule has 0 unspecified atom stereocenters. The van der Waals surface area contributed by atoms with Crippen LogP contribution in [-0.4, -0.2) is 34.5 Å². The van der Waals surface area contributed by atoms with Gasteiger partial charge in [-0.2, -0.15) is 8.78 Å². The summed E-state index contributed by atoms with van der Waals surface area (Å²) in [5, 5.41) is 0.418. The number of alkyl halides is 2. The van der Waals surface area contributed by atoms with Crippen LogP contribution >= 0.6 is 11.6 Å². The van der Waals surface area contributed by atoms with Crippen molar-refractivity contribution in [3.05, 3.63) is 69.7 Å². The Bertz CT molecular complexity index is 1250. The summed E-state index contributed by atoms with van der Waals surface area (Å²) in [6, 6.07) is 6.46. The van der Waals surface area contributed by atoms with E-state index in [2.05, 4.69) is 0 Å². The van der Waals surface area contributed by atoms with E-state index < -0.39 is 47.7 Å². The van der Waals surface area contributed by atoms with Crippen molar-refractivity contribution >= 4 is 35.2 Å². The number of carbonyl (C=O) groups excluding carboxylic acids is 4. The molecule has 0 saturated carbocycles. The highest BCUT2D eigenvalue weighted by molar-refractivity contribution is 6.30. The molecule has 4 amide bonds. The quantitative estimate of drug-likeness (QED) is 0.665. The standard InChI is InChI=1S/C22H18ClF2N3O4/c23-15-4-2-14(3-5-15)22(24,25)21(32)26-10-12-1-6-16-13(9-12)11-28(20(16)31)17-7-8-18(29)27-19(17)30/h1-6,9,17H,7-8,10-11H2,(H,26,32)(H,27,29,30)/t17-/m0/s1/i17D/hD2. The first-order valence-corrected chi connectivity index (χ1v) is 9.99. The number of halogens is 3. The third-order valence-corrected chi connectivity index (χ3v) is 5.48. The highest BCUT2D eigenvalue weighted by Crippen LogP contribution is 2.30. The van der Waals surface area contributed by atoms with Gasteiger partial charge in [0.1, 0.15) is 6.02 Å². The largest absolute Gasteiger partial charge is 0.349 e. The maximum atomic E-state index is 14.6. The fraction of sp³-hybridized carbons (Fsp3) is 0.273. The van der Waals surface area contributed by atoms with Crippen molar-refractivity contribution in [1.29, 1.82) is 0 Å². The van der Waals surface area contributed by atoms with E-state index in [0.29, 0.717) is 5.56 Å². The Morgan fingerprint density at radius 3 is 2.72 bits per heavy atom. The van der Waals surface area contributed by atoms with Gasteiger partial charge in [-0.3, -0.25) is 24.5 Å². The Hall–Kier alpha value is -3.33. The van der Waals surface area contributed by atoms with Crippen molar-refractivity contribution in [2.75, 3.05) is 0 Å². The molecule has 2 aromatic carbocycles. The fourth-order valence-electron chi connectivity index (χ4n) is 3.55. The summed E-state index contributed by atoms with van der Waals surface area (Å²) in [6.07, 6.45) is -0.511. The number of nitrogens with one attached hydrogen (secondary N) is 2. The highest BCUT2D eigenvalue weighted by atomic mass is 35.5. The number of hydrogen-bond donors (Lipinski definition) is 2. The molecule has 0 bridgehead atoms. The van der Waals surface area contributed by atoms with Gasteiger partial charge in [-0.25, -0.2) is 0 Å². The summed E-state index contributed by atoms with van der Waals surface area (Å²) in [5.41, 5.74) is 0.195. The first-order valence-electron chi connectivity index (χ1n) is 11.0. The van der Waals surface area contributed by atoms with Crippen LogP contribution in [0.15, 0.2) is 42.5 Å². The van der Waals surface area contributed by atoms with Crippen LogP contribution in [0.25, 0.3) is 0 Å². The minimum absolute atomic E-state index is 0.0859. The lowest BCUT2D eigenvalue weighted by Crippen LogP contribution is -2.52. The van der Waals surface area contributed by atoms with E-state index in [-0.39, 0.29) is 46.2 Å². The zero-order valence-electron chi connectivity index (χ0n) is 19.5. The predicted octanol–water partition coefficient (Wildman–Crippen LogP) is 2.51. The van der Waals surface area contributed by atoms with Gasteiger partial charge >= 0.3 is 5.92 Å². The van der Waals surface area contributed by atoms with Gasteiger partial charge in [0, 0.05) is 35.7 Å². The molecule has 32 heavy (non-hydrogen) atoms. The molecule has 2 aromatic rings. The van der Waals surface area contributed by atoms with Crippen molar-refractivity contribution in [3.8, 4) is 0 Å². The molecule has 1 saturated heterocycles. The van der Waals surface area contributed by atoms with Gasteiger partial charge in [0.25, 0.3) is 11.8 Å². The minimum atomic E-state index is -3.96. The highest BCUT2D eigenvalue weighted by Gasteiger charge is 2.41. The normalized spacial score (nSPS) is 22.3. The van der Waals surface area contributed by atoms with Gasteiger partial charge in [0.05, 0.1) is 1.37 Å². The molecular formula is C22H18ClF2N3O4. The maximum Gasteiger partial charge on any atom is 0.349 e. The monoisotopic (exact) mass is 464 g/mol. The third-order valence-electron chi connectivity index (χ3n) is 5.23. The summed E-state index contributed by atoms with van der Waals surface area (Å²) < 4.78 is 53.1. The predicted molar refractivity (Wildman–Crippen MR) is 110 cm³/mol. The summed E-state index contributed by atoms with van der Waals surface area (Å²) in [7, 11) is 0. The van der Waals surface area contributed by atoms with Crippen molar-refractivity contribution in [2.24, 2.45) is 0 Å². The zero-order chi connectivity index (χ0) is 25.7. The van der Waals surface area contributed by atoms with E-state index in [4.69, 9.17) is 15.8 Å². The van der Waals surface area contributed by atoms with Gasteiger partial charge < -0.3 is 10.2 Å². The molecule has 1 fully saturated rings. The molecule has 10 heteroatoms. The number of nitrogens with zero attached hydrogens (tertiary/aromatic N) is 1. The Morgan fingerprint density at radius 2 is 2.00 bits per heavy atom. The van der Waals surface area contributed by atoms with Crippen LogP contribution in [0, 0.1) is 0 Å². The average molecular weight is 465 g/mol. The topological polar surface area (TPSA) is 95.6 Å². The van der Waals surface area contributed by atoms with E-state index in [0.717, 1.165) is 17.0 Å². The van der Waals surface area contributed by atoms with E-state index in [1.54, 1.807) is 0 Å². The molecule has 4 rings (SSSR count). The van der Waals surface area contributed by atoms with Crippen molar-refractivity contribution in [1.82, 2.24) is 15.5 Å². The molecule has 2 heterocycles. The van der Waals surface area contributed by atoms with E-state index in [1.165, 1.54) is 30.3 Å². The third kappa shape index (κ3) is 4.08. The lowest BCUT2D eigenvalue weighted by molar-refractivity contribution is -0.147. The summed E-state index contributed by atoms with van der Waals surface area (Å²) in [5.74, 6) is -8.27. The van der Waals surface area contributed by atoms with Gasteiger partial charge in [-0.15, -0.1) is 0 Å². The first kappa shape index (κ1) is 18.3. The second kappa shape index (κ2) is 8.31. The number of imide groups is 1. The number of amides is 4. The number of piperidine rings is 1. The molecule has 1 atom stereocenters. The van der Waals surface area contributed by atoms with Crippen LogP contribution in [0.3, 0.4) is 0 Å². The molecule has 166 valence electrons. The molecule has 0 radical (unpaired) electrons. The maximum absolute atomic E-state index is 14.6. The van der Waals surface area contributed by atoms with Gasteiger partial charge in [0.2, 0.25) is 11.8 Å². The Kier molecular flexibility index (Phi) is 4.74. The number of carbonyl (C=O) groups is 4. The number of benzene rings is 2. The van der Waals surface area contributed by atoms with Crippen LogP contribution in [0.1, 0.15) is 41.3 Å². The van der Waals surface area contributed by atoms with E-state index >= 15 is 0 Å². The Balaban J connectivity index is 1.51. The van der Waals surface area contributed by atoms with Gasteiger partial charge in [-0.1, -0.05) is 35.9 Å². The average Bonchev–Trinajstić information content (AvgIpc) is 3.16. The Labute approximate surface area is 191 Å². The Morgan fingerprint density at radius 1 is 1.28 bits per heavy atom. The molecule has 0 spiro atoms. The van der Waals surface area contributed by atoms with E-state index in [1.807, 2.05) is 0 Å². The van der Waals surface area contributed by atoms with Crippen LogP contribution in [0.5, 0.6) is 0 Å². The molecule has 0 aliphatic carbocycles. The lowest BCUT2D eigenvalue weighted by Gasteiger charge is -2.29. The SMILES string of the molecule is [2H]N(Cc1ccc2c(c1)CN([C@@]1([2H])CCC(=O)N([2H])C1=O)C2=O)C(=O)C(F)(F)c1ccc(Cl)cc1. The molecule has 2 aliphatic heterocycles. The van der Waals surface area contributed by atoms with Crippen molar-refractivity contribution in [3.63, 3.8) is 0 Å². The lowest BCUT2D eigenvalue weighted by atomic mass is 10.0. The molecule has 2 N–H and O–H groups in total. The van der Waals surface area contributed by atoms with E-state index in [9.17, 15) is 28.0 Å². The van der Waals surface area contributed by atoms with Crippen LogP contribution in [0.4, 0.5) is 8.78 Å². The number of hydrogen-bond acceptors (Lipinski definition) is 4. The molecule has 7 nitrogen and oxygen atoms in total. The first-order chi connectivity index (χ1) is 16.4. The molecule has 2 aliphatic rings. The van der Waals surface area contributed by atoms with Crippen LogP contribution in [-0.2, 0) is 33.4 Å². The van der Waals surface area contributed by atoms with Crippen molar-refractivity contribution in [2.45, 2.75) is 37.9 Å². The summed E-state index contributed by atoms with van der Waals surface area (Å²) in [4.78, 5) is 50.2. The van der Waals surface area contributed by atoms with Crippen LogP contribution < -0.4 is 10.6 Å². The van der Waals surface area contributed by atoms with Crippen LogP contribution in [0.2, 0.25) is 7.85 Å². The van der Waals surface area contributed by atoms with Gasteiger partial charge in [0.15, 0.2) is 2.82 Å². The molecule has 0 aromatic heterocycles. The minimum Gasteiger partial charge on any atom is -0.346 e. The number of fused-ring (bicyclic) bond motifs is 1. The molecular weight excluding hydrogens is 444 g/mol. The summed E-state index contributed by atoms with van der Waals surface area (Å²) in [6.45, 7) is -0.699. The smallest absolute Gasteiger partial charge is 0.346 e. The zero-order valence-corrected chi connectivity index (χ0v) is 17.2. The van der Waals surface area contributed by atoms with Gasteiger partial charge in [-0.05, 0) is 35.7 Å². The summed E-state index contributed by atoms with van der Waals surface area (Å²) >= 11 is 5.70.